The Morgan fingerprint density at radius 2 is 1.96 bits per heavy atom. The van der Waals surface area contributed by atoms with E-state index in [-0.39, 0.29) is 5.72 Å². The van der Waals surface area contributed by atoms with Gasteiger partial charge in [-0.05, 0) is 37.4 Å². The van der Waals surface area contributed by atoms with Crippen molar-refractivity contribution in [2.75, 3.05) is 26.7 Å². The van der Waals surface area contributed by atoms with E-state index in [1.54, 1.807) is 0 Å². The summed E-state index contributed by atoms with van der Waals surface area (Å²) in [7, 11) is 2.10. The van der Waals surface area contributed by atoms with Crippen LogP contribution in [0, 0.1) is 5.92 Å². The van der Waals surface area contributed by atoms with E-state index in [1.807, 2.05) is 12.3 Å². The van der Waals surface area contributed by atoms with Gasteiger partial charge in [-0.15, -0.1) is 0 Å². The third kappa shape index (κ3) is 1.83. The standard InChI is InChI=1S/C18H20N4O/c1-21-17(16-10-13-4-2-3-5-14(13)11-19-16)20-23-18(21)12-22-8-6-15(18)7-9-22/h2-5,10-11,15H,6-9,12H2,1H3/t18-/m1/s1. The maximum atomic E-state index is 6.04. The third-order valence-electron chi connectivity index (χ3n) is 5.71. The van der Waals surface area contributed by atoms with Gasteiger partial charge in [-0.25, -0.2) is 0 Å². The Balaban J connectivity index is 1.51. The van der Waals surface area contributed by atoms with Gasteiger partial charge in [0.1, 0.15) is 5.69 Å². The largest absolute Gasteiger partial charge is 0.363 e. The van der Waals surface area contributed by atoms with E-state index in [1.165, 1.54) is 31.3 Å². The van der Waals surface area contributed by atoms with Crippen molar-refractivity contribution in [3.05, 3.63) is 42.2 Å². The second kappa shape index (κ2) is 4.68. The molecule has 3 saturated heterocycles. The molecule has 6 rings (SSSR count). The van der Waals surface area contributed by atoms with Gasteiger partial charge in [0.15, 0.2) is 5.84 Å². The first-order valence-electron chi connectivity index (χ1n) is 8.34. The Bertz CT molecular complexity index is 796. The van der Waals surface area contributed by atoms with Crippen LogP contribution in [0.25, 0.3) is 10.8 Å². The molecule has 0 amide bonds. The quantitative estimate of drug-likeness (QED) is 0.810. The molecule has 0 radical (unpaired) electrons. The molecule has 0 aliphatic carbocycles. The van der Waals surface area contributed by atoms with Crippen LogP contribution in [0.2, 0.25) is 0 Å². The van der Waals surface area contributed by atoms with Crippen molar-refractivity contribution in [3.8, 4) is 0 Å². The number of hydrogen-bond donors (Lipinski definition) is 0. The highest BCUT2D eigenvalue weighted by atomic mass is 16.7. The molecule has 0 unspecified atom stereocenters. The summed E-state index contributed by atoms with van der Waals surface area (Å²) in [5, 5.41) is 6.78. The van der Waals surface area contributed by atoms with Gasteiger partial charge in [0.2, 0.25) is 5.72 Å². The average Bonchev–Trinajstić information content (AvgIpc) is 2.92. The number of likely N-dealkylation sites (N-methyl/N-ethyl adjacent to an activating group) is 1. The maximum absolute atomic E-state index is 6.04. The zero-order chi connectivity index (χ0) is 15.4. The lowest BCUT2D eigenvalue weighted by Gasteiger charge is -2.52. The zero-order valence-electron chi connectivity index (χ0n) is 13.3. The fourth-order valence-corrected chi connectivity index (χ4v) is 4.32. The van der Waals surface area contributed by atoms with Crippen LogP contribution in [0.15, 0.2) is 41.7 Å². The summed E-state index contributed by atoms with van der Waals surface area (Å²) in [6.07, 6.45) is 4.30. The molecule has 1 aromatic carbocycles. The van der Waals surface area contributed by atoms with E-state index in [0.29, 0.717) is 5.92 Å². The molecule has 1 atom stereocenters. The van der Waals surface area contributed by atoms with Gasteiger partial charge in [0, 0.05) is 24.5 Å². The predicted molar refractivity (Wildman–Crippen MR) is 89.0 cm³/mol. The van der Waals surface area contributed by atoms with E-state index < -0.39 is 0 Å². The van der Waals surface area contributed by atoms with E-state index in [0.717, 1.165) is 23.5 Å². The van der Waals surface area contributed by atoms with Crippen molar-refractivity contribution in [3.63, 3.8) is 0 Å². The van der Waals surface area contributed by atoms with Gasteiger partial charge < -0.3 is 9.74 Å². The van der Waals surface area contributed by atoms with Gasteiger partial charge in [0.25, 0.3) is 0 Å². The minimum atomic E-state index is -0.293. The van der Waals surface area contributed by atoms with Crippen LogP contribution in [0.4, 0.5) is 0 Å². The minimum Gasteiger partial charge on any atom is -0.363 e. The Morgan fingerprint density at radius 3 is 2.70 bits per heavy atom. The van der Waals surface area contributed by atoms with Crippen LogP contribution in [-0.4, -0.2) is 53.0 Å². The van der Waals surface area contributed by atoms with Crippen molar-refractivity contribution in [1.82, 2.24) is 14.8 Å². The fraction of sp³-hybridized carbons (Fsp3) is 0.444. The van der Waals surface area contributed by atoms with Gasteiger partial charge in [-0.1, -0.05) is 29.4 Å². The Hall–Kier alpha value is -2.14. The molecular formula is C18H20N4O. The molecule has 1 spiro atoms. The Morgan fingerprint density at radius 1 is 1.17 bits per heavy atom. The summed E-state index contributed by atoms with van der Waals surface area (Å²) in [4.78, 5) is 15.4. The molecular weight excluding hydrogens is 288 g/mol. The highest BCUT2D eigenvalue weighted by Crippen LogP contribution is 2.43. The number of amidine groups is 1. The molecule has 5 heteroatoms. The lowest BCUT2D eigenvalue weighted by atomic mass is 9.80. The normalized spacial score (nSPS) is 32.4. The summed E-state index contributed by atoms with van der Waals surface area (Å²) in [6, 6.07) is 10.4. The highest BCUT2D eigenvalue weighted by Gasteiger charge is 2.56. The topological polar surface area (TPSA) is 41.0 Å². The molecule has 2 aromatic rings. The summed E-state index contributed by atoms with van der Waals surface area (Å²) in [5.74, 6) is 1.41. The third-order valence-corrected chi connectivity index (χ3v) is 5.71. The summed E-state index contributed by atoms with van der Waals surface area (Å²) >= 11 is 0. The van der Waals surface area contributed by atoms with Crippen LogP contribution in [0.5, 0.6) is 0 Å². The molecule has 4 aliphatic heterocycles. The van der Waals surface area contributed by atoms with Crippen molar-refractivity contribution in [1.29, 1.82) is 0 Å². The number of aromatic nitrogens is 1. The van der Waals surface area contributed by atoms with Crippen LogP contribution < -0.4 is 0 Å². The Kier molecular flexibility index (Phi) is 2.71. The second-order valence-electron chi connectivity index (χ2n) is 6.88. The minimum absolute atomic E-state index is 0.293. The van der Waals surface area contributed by atoms with E-state index in [2.05, 4.69) is 51.3 Å². The predicted octanol–water partition coefficient (Wildman–Crippen LogP) is 2.28. The number of benzene rings is 1. The number of piperidine rings is 3. The van der Waals surface area contributed by atoms with Crippen LogP contribution in [0.1, 0.15) is 18.5 Å². The molecule has 5 nitrogen and oxygen atoms in total. The number of nitrogens with zero attached hydrogens (tertiary/aromatic N) is 4. The van der Waals surface area contributed by atoms with Gasteiger partial charge in [0.05, 0.1) is 6.54 Å². The number of fused-ring (bicyclic) bond motifs is 3. The lowest BCUT2D eigenvalue weighted by molar-refractivity contribution is -0.190. The SMILES string of the molecule is CN1C(c2cc3ccccc3cn2)=NO[C@@]12CN1CCC2CC1. The molecule has 1 aromatic heterocycles. The smallest absolute Gasteiger partial charge is 0.226 e. The summed E-state index contributed by atoms with van der Waals surface area (Å²) in [5.41, 5.74) is 0.596. The van der Waals surface area contributed by atoms with Crippen molar-refractivity contribution in [2.45, 2.75) is 18.6 Å². The first-order valence-corrected chi connectivity index (χ1v) is 8.34. The molecule has 23 heavy (non-hydrogen) atoms. The van der Waals surface area contributed by atoms with Gasteiger partial charge in [-0.3, -0.25) is 9.88 Å². The summed E-state index contributed by atoms with van der Waals surface area (Å²) in [6.45, 7) is 3.31. The molecule has 2 bridgehead atoms. The highest BCUT2D eigenvalue weighted by molar-refractivity contribution is 6.00. The fourth-order valence-electron chi connectivity index (χ4n) is 4.32. The number of hydrogen-bond acceptors (Lipinski definition) is 5. The van der Waals surface area contributed by atoms with Crippen molar-refractivity contribution in [2.24, 2.45) is 11.1 Å². The van der Waals surface area contributed by atoms with Crippen LogP contribution in [-0.2, 0) is 4.84 Å². The van der Waals surface area contributed by atoms with Crippen LogP contribution >= 0.6 is 0 Å². The maximum Gasteiger partial charge on any atom is 0.226 e. The van der Waals surface area contributed by atoms with Crippen molar-refractivity contribution >= 4 is 16.6 Å². The van der Waals surface area contributed by atoms with E-state index in [4.69, 9.17) is 4.84 Å². The average molecular weight is 308 g/mol. The lowest BCUT2D eigenvalue weighted by Crippen LogP contribution is -2.65. The second-order valence-corrected chi connectivity index (χ2v) is 6.88. The molecule has 0 saturated carbocycles. The molecule has 0 N–H and O–H groups in total. The number of pyridine rings is 1. The first kappa shape index (κ1) is 13.3. The first-order chi connectivity index (χ1) is 11.3. The van der Waals surface area contributed by atoms with Gasteiger partial charge >= 0.3 is 0 Å². The van der Waals surface area contributed by atoms with Crippen LogP contribution in [0.3, 0.4) is 0 Å². The van der Waals surface area contributed by atoms with Crippen molar-refractivity contribution < 1.29 is 4.84 Å². The Labute approximate surface area is 135 Å². The molecule has 5 heterocycles. The monoisotopic (exact) mass is 308 g/mol. The number of oxime groups is 1. The molecule has 4 aliphatic rings. The van der Waals surface area contributed by atoms with Gasteiger partial charge in [-0.2, -0.15) is 0 Å². The summed E-state index contributed by atoms with van der Waals surface area (Å²) < 4.78 is 0. The zero-order valence-corrected chi connectivity index (χ0v) is 13.3. The van der Waals surface area contributed by atoms with E-state index >= 15 is 0 Å². The molecule has 118 valence electrons. The van der Waals surface area contributed by atoms with E-state index in [9.17, 15) is 0 Å². The molecule has 3 fully saturated rings. The number of rotatable bonds is 1.